The van der Waals surface area contributed by atoms with E-state index < -0.39 is 10.2 Å². The first-order valence-corrected chi connectivity index (χ1v) is 7.51. The van der Waals surface area contributed by atoms with Crippen LogP contribution in [0.15, 0.2) is 0 Å². The van der Waals surface area contributed by atoms with Gasteiger partial charge in [-0.25, -0.2) is 0 Å². The highest BCUT2D eigenvalue weighted by atomic mass is 35.5. The monoisotopic (exact) mass is 283 g/mol. The Labute approximate surface area is 110 Å². The molecule has 102 valence electrons. The molecule has 17 heavy (non-hydrogen) atoms. The third kappa shape index (κ3) is 3.54. The van der Waals surface area contributed by atoms with Crippen molar-refractivity contribution in [1.29, 1.82) is 0 Å². The third-order valence-electron chi connectivity index (χ3n) is 3.39. The molecule has 2 saturated heterocycles. The number of halogens is 1. The Bertz CT molecular complexity index is 330. The van der Waals surface area contributed by atoms with Crippen molar-refractivity contribution in [3.8, 4) is 0 Å². The van der Waals surface area contributed by atoms with Crippen LogP contribution in [0.4, 0.5) is 0 Å². The Morgan fingerprint density at radius 2 is 1.53 bits per heavy atom. The highest BCUT2D eigenvalue weighted by Gasteiger charge is 2.33. The summed E-state index contributed by atoms with van der Waals surface area (Å²) >= 11 is 0. The Morgan fingerprint density at radius 1 is 0.941 bits per heavy atom. The lowest BCUT2D eigenvalue weighted by Crippen LogP contribution is -2.52. The highest BCUT2D eigenvalue weighted by Crippen LogP contribution is 2.19. The first-order chi connectivity index (χ1) is 7.60. The summed E-state index contributed by atoms with van der Waals surface area (Å²) in [5.74, 6) is 0. The van der Waals surface area contributed by atoms with Crippen LogP contribution >= 0.6 is 12.4 Å². The van der Waals surface area contributed by atoms with Gasteiger partial charge in [0.2, 0.25) is 0 Å². The zero-order valence-corrected chi connectivity index (χ0v) is 11.7. The molecule has 7 heteroatoms. The summed E-state index contributed by atoms with van der Waals surface area (Å²) in [5.41, 5.74) is 5.83. The number of piperidine rings is 2. The van der Waals surface area contributed by atoms with E-state index >= 15 is 0 Å². The maximum Gasteiger partial charge on any atom is 0.282 e. The smallest absolute Gasteiger partial charge is 0.282 e. The minimum absolute atomic E-state index is 0. The topological polar surface area (TPSA) is 66.6 Å². The van der Waals surface area contributed by atoms with Crippen molar-refractivity contribution >= 4 is 22.6 Å². The molecule has 0 aliphatic carbocycles. The first kappa shape index (κ1) is 15.2. The van der Waals surface area contributed by atoms with E-state index in [0.29, 0.717) is 26.2 Å². The zero-order chi connectivity index (χ0) is 11.6. The van der Waals surface area contributed by atoms with Gasteiger partial charge < -0.3 is 5.73 Å². The minimum Gasteiger partial charge on any atom is -0.327 e. The first-order valence-electron chi connectivity index (χ1n) is 6.11. The Hall–Kier alpha value is 0.120. The molecule has 0 unspecified atom stereocenters. The summed E-state index contributed by atoms with van der Waals surface area (Å²) in [5, 5.41) is 0. The molecule has 0 saturated carbocycles. The van der Waals surface area contributed by atoms with Gasteiger partial charge in [0.25, 0.3) is 10.2 Å². The summed E-state index contributed by atoms with van der Waals surface area (Å²) in [6, 6.07) is 0.00770. The normalized spacial score (nSPS) is 28.6. The van der Waals surface area contributed by atoms with Crippen LogP contribution in [0.2, 0.25) is 0 Å². The van der Waals surface area contributed by atoms with Crippen LogP contribution in [0.1, 0.15) is 32.1 Å². The molecular weight excluding hydrogens is 262 g/mol. The minimum atomic E-state index is -3.23. The average molecular weight is 284 g/mol. The van der Waals surface area contributed by atoms with Gasteiger partial charge >= 0.3 is 0 Å². The molecule has 1 atom stereocenters. The molecule has 2 aliphatic heterocycles. The summed E-state index contributed by atoms with van der Waals surface area (Å²) in [6.45, 7) is 2.47. The molecule has 0 amide bonds. The van der Waals surface area contributed by atoms with Crippen LogP contribution in [0, 0.1) is 0 Å². The Kier molecular flexibility index (Phi) is 5.66. The van der Waals surface area contributed by atoms with Crippen LogP contribution in [0.5, 0.6) is 0 Å². The largest absolute Gasteiger partial charge is 0.327 e. The van der Waals surface area contributed by atoms with Crippen LogP contribution in [-0.2, 0) is 10.2 Å². The van der Waals surface area contributed by atoms with Crippen molar-refractivity contribution in [1.82, 2.24) is 8.61 Å². The van der Waals surface area contributed by atoms with E-state index in [-0.39, 0.29) is 18.4 Å². The van der Waals surface area contributed by atoms with E-state index in [4.69, 9.17) is 5.73 Å². The van der Waals surface area contributed by atoms with Crippen molar-refractivity contribution in [2.45, 2.75) is 38.1 Å². The van der Waals surface area contributed by atoms with Crippen molar-refractivity contribution in [3.63, 3.8) is 0 Å². The fourth-order valence-electron chi connectivity index (χ4n) is 2.44. The van der Waals surface area contributed by atoms with Gasteiger partial charge in [-0.2, -0.15) is 17.0 Å². The molecule has 2 aliphatic rings. The quantitative estimate of drug-likeness (QED) is 0.805. The van der Waals surface area contributed by atoms with Crippen molar-refractivity contribution in [2.24, 2.45) is 5.73 Å². The third-order valence-corrected chi connectivity index (χ3v) is 5.39. The fourth-order valence-corrected chi connectivity index (χ4v) is 4.23. The second-order valence-electron chi connectivity index (χ2n) is 4.73. The number of rotatable bonds is 2. The maximum atomic E-state index is 12.3. The number of hydrogen-bond donors (Lipinski definition) is 1. The second-order valence-corrected chi connectivity index (χ2v) is 6.66. The Morgan fingerprint density at radius 3 is 2.12 bits per heavy atom. The van der Waals surface area contributed by atoms with E-state index in [1.165, 1.54) is 0 Å². The van der Waals surface area contributed by atoms with Crippen molar-refractivity contribution < 1.29 is 8.42 Å². The lowest BCUT2D eigenvalue weighted by molar-refractivity contribution is 0.268. The summed E-state index contributed by atoms with van der Waals surface area (Å²) in [4.78, 5) is 0. The van der Waals surface area contributed by atoms with E-state index in [9.17, 15) is 8.42 Å². The fraction of sp³-hybridized carbons (Fsp3) is 1.00. The van der Waals surface area contributed by atoms with Crippen LogP contribution < -0.4 is 5.73 Å². The summed E-state index contributed by atoms with van der Waals surface area (Å²) in [7, 11) is -3.23. The zero-order valence-electron chi connectivity index (χ0n) is 10.0. The molecule has 2 N–H and O–H groups in total. The molecular formula is C10H22ClN3O2S. The number of hydrogen-bond acceptors (Lipinski definition) is 3. The van der Waals surface area contributed by atoms with Gasteiger partial charge in [0.1, 0.15) is 0 Å². The van der Waals surface area contributed by atoms with E-state index in [2.05, 4.69) is 0 Å². The molecule has 2 heterocycles. The molecule has 5 nitrogen and oxygen atoms in total. The standard InChI is InChI=1S/C10H21N3O2S.ClH/c11-10-5-4-8-13(9-10)16(14,15)12-6-2-1-3-7-12;/h10H,1-9,11H2;1H/t10-;/m1./s1. The molecule has 0 spiro atoms. The van der Waals surface area contributed by atoms with Crippen molar-refractivity contribution in [2.75, 3.05) is 26.2 Å². The van der Waals surface area contributed by atoms with Gasteiger partial charge in [-0.3, -0.25) is 0 Å². The van der Waals surface area contributed by atoms with E-state index in [1.807, 2.05) is 0 Å². The van der Waals surface area contributed by atoms with E-state index in [1.54, 1.807) is 8.61 Å². The molecule has 2 rings (SSSR count). The van der Waals surface area contributed by atoms with E-state index in [0.717, 1.165) is 32.1 Å². The van der Waals surface area contributed by atoms with Crippen molar-refractivity contribution in [3.05, 3.63) is 0 Å². The predicted molar refractivity (Wildman–Crippen MR) is 70.4 cm³/mol. The maximum absolute atomic E-state index is 12.3. The molecule has 0 aromatic heterocycles. The predicted octanol–water partition coefficient (Wildman–Crippen LogP) is 0.562. The second kappa shape index (κ2) is 6.33. The van der Waals surface area contributed by atoms with Gasteiger partial charge in [0, 0.05) is 32.2 Å². The summed E-state index contributed by atoms with van der Waals surface area (Å²) < 4.78 is 27.7. The van der Waals surface area contributed by atoms with Crippen LogP contribution in [0.3, 0.4) is 0 Å². The molecule has 0 aromatic carbocycles. The highest BCUT2D eigenvalue weighted by molar-refractivity contribution is 7.86. The van der Waals surface area contributed by atoms with Gasteiger partial charge in [-0.1, -0.05) is 6.42 Å². The van der Waals surface area contributed by atoms with Crippen LogP contribution in [-0.4, -0.2) is 49.2 Å². The van der Waals surface area contributed by atoms with Gasteiger partial charge in [-0.05, 0) is 25.7 Å². The molecule has 0 radical (unpaired) electrons. The Balaban J connectivity index is 0.00000144. The van der Waals surface area contributed by atoms with Gasteiger partial charge in [-0.15, -0.1) is 12.4 Å². The average Bonchev–Trinajstić information content (AvgIpc) is 2.30. The molecule has 2 fully saturated rings. The number of nitrogens with two attached hydrogens (primary N) is 1. The molecule has 0 bridgehead atoms. The van der Waals surface area contributed by atoms with Gasteiger partial charge in [0.15, 0.2) is 0 Å². The lowest BCUT2D eigenvalue weighted by atomic mass is 10.1. The van der Waals surface area contributed by atoms with Crippen LogP contribution in [0.25, 0.3) is 0 Å². The lowest BCUT2D eigenvalue weighted by Gasteiger charge is -2.35. The number of nitrogens with zero attached hydrogens (tertiary/aromatic N) is 2. The van der Waals surface area contributed by atoms with Gasteiger partial charge in [0.05, 0.1) is 0 Å². The summed E-state index contributed by atoms with van der Waals surface area (Å²) in [6.07, 6.45) is 4.93. The molecule has 0 aromatic rings. The SMILES string of the molecule is Cl.N[C@@H]1CCCN(S(=O)(=O)N2CCCCC2)C1.